The third-order valence-corrected chi connectivity index (χ3v) is 9.91. The molecule has 1 amide bonds. The van der Waals surface area contributed by atoms with E-state index >= 15 is 0 Å². The summed E-state index contributed by atoms with van der Waals surface area (Å²) in [5.41, 5.74) is 1.42. The van der Waals surface area contributed by atoms with Crippen LogP contribution >= 0.6 is 24.0 Å². The van der Waals surface area contributed by atoms with Crippen LogP contribution in [0, 0.1) is 6.92 Å². The van der Waals surface area contributed by atoms with Gasteiger partial charge in [0.25, 0.3) is 11.5 Å². The zero-order valence-corrected chi connectivity index (χ0v) is 22.2. The number of nitrogens with zero attached hydrogens (tertiary/aromatic N) is 5. The molecule has 0 saturated carbocycles. The number of aromatic nitrogens is 2. The summed E-state index contributed by atoms with van der Waals surface area (Å²) in [7, 11) is -3.19. The number of amides is 1. The Kier molecular flexibility index (Phi) is 6.94. The molecule has 0 aliphatic carbocycles. The summed E-state index contributed by atoms with van der Waals surface area (Å²) in [6.07, 6.45) is 3.57. The van der Waals surface area contributed by atoms with Gasteiger partial charge in [-0.05, 0) is 31.1 Å². The normalized spacial score (nSPS) is 23.9. The van der Waals surface area contributed by atoms with Gasteiger partial charge in [-0.3, -0.25) is 23.8 Å². The number of sulfone groups is 1. The number of pyridine rings is 1. The molecular formula is C23H27N5O5S3. The van der Waals surface area contributed by atoms with Crippen LogP contribution in [0.3, 0.4) is 0 Å². The van der Waals surface area contributed by atoms with E-state index in [1.165, 1.54) is 9.30 Å². The van der Waals surface area contributed by atoms with Gasteiger partial charge in [-0.25, -0.2) is 13.4 Å². The molecule has 3 aliphatic rings. The average molecular weight is 550 g/mol. The molecule has 0 radical (unpaired) electrons. The van der Waals surface area contributed by atoms with Crippen molar-refractivity contribution < 1.29 is 18.3 Å². The second-order valence-electron chi connectivity index (χ2n) is 9.20. The number of piperazine rings is 1. The zero-order valence-electron chi connectivity index (χ0n) is 19.8. The lowest BCUT2D eigenvalue weighted by atomic mass is 10.2. The molecule has 10 nitrogen and oxygen atoms in total. The molecule has 13 heteroatoms. The molecule has 1 N–H and O–H groups in total. The number of fused-ring (bicyclic) bond motifs is 1. The summed E-state index contributed by atoms with van der Waals surface area (Å²) in [6, 6.07) is 3.19. The highest BCUT2D eigenvalue weighted by atomic mass is 32.2. The van der Waals surface area contributed by atoms with Gasteiger partial charge < -0.3 is 10.0 Å². The van der Waals surface area contributed by atoms with Crippen LogP contribution in [0.4, 0.5) is 5.82 Å². The van der Waals surface area contributed by atoms with Gasteiger partial charge in [0.1, 0.15) is 15.8 Å². The van der Waals surface area contributed by atoms with Crippen molar-refractivity contribution in [3.05, 3.63) is 44.7 Å². The summed E-state index contributed by atoms with van der Waals surface area (Å²) in [4.78, 5) is 37.7. The molecule has 192 valence electrons. The number of thioether (sulfide) groups is 1. The highest BCUT2D eigenvalue weighted by Gasteiger charge is 2.42. The monoisotopic (exact) mass is 549 g/mol. The maximum atomic E-state index is 13.7. The van der Waals surface area contributed by atoms with Crippen LogP contribution in [-0.4, -0.2) is 99.8 Å². The minimum atomic E-state index is -3.19. The summed E-state index contributed by atoms with van der Waals surface area (Å²) >= 11 is 6.53. The molecule has 1 atom stereocenters. The van der Waals surface area contributed by atoms with Crippen molar-refractivity contribution in [3.63, 3.8) is 0 Å². The highest BCUT2D eigenvalue weighted by Crippen LogP contribution is 2.37. The van der Waals surface area contributed by atoms with Crippen molar-refractivity contribution in [1.82, 2.24) is 19.2 Å². The van der Waals surface area contributed by atoms with E-state index in [0.29, 0.717) is 60.5 Å². The lowest BCUT2D eigenvalue weighted by Crippen LogP contribution is -2.48. The van der Waals surface area contributed by atoms with Gasteiger partial charge in [0.2, 0.25) is 0 Å². The van der Waals surface area contributed by atoms with E-state index in [2.05, 4.69) is 4.90 Å². The van der Waals surface area contributed by atoms with Crippen LogP contribution < -0.4 is 10.5 Å². The Bertz CT molecular complexity index is 1430. The first kappa shape index (κ1) is 25.3. The number of thiocarbonyl (C=S) groups is 1. The largest absolute Gasteiger partial charge is 0.395 e. The maximum absolute atomic E-state index is 13.7. The molecule has 0 bridgehead atoms. The van der Waals surface area contributed by atoms with Crippen LogP contribution in [0.25, 0.3) is 11.7 Å². The number of carbonyl (C=O) groups excluding carboxylic acids is 1. The summed E-state index contributed by atoms with van der Waals surface area (Å²) < 4.78 is 25.8. The number of rotatable bonds is 5. The van der Waals surface area contributed by atoms with Crippen LogP contribution in [0.5, 0.6) is 0 Å². The van der Waals surface area contributed by atoms with Gasteiger partial charge in [-0.2, -0.15) is 0 Å². The highest BCUT2D eigenvalue weighted by molar-refractivity contribution is 8.26. The Hall–Kier alpha value is -2.32. The Morgan fingerprint density at radius 3 is 2.67 bits per heavy atom. The number of hydrogen-bond donors (Lipinski definition) is 1. The van der Waals surface area contributed by atoms with E-state index in [1.807, 2.05) is 17.9 Å². The van der Waals surface area contributed by atoms with E-state index in [-0.39, 0.29) is 34.5 Å². The molecule has 3 saturated heterocycles. The van der Waals surface area contributed by atoms with Crippen molar-refractivity contribution in [2.45, 2.75) is 19.4 Å². The van der Waals surface area contributed by atoms with E-state index < -0.39 is 15.9 Å². The lowest BCUT2D eigenvalue weighted by molar-refractivity contribution is -0.123. The van der Waals surface area contributed by atoms with Gasteiger partial charge in [-0.15, -0.1) is 0 Å². The summed E-state index contributed by atoms with van der Waals surface area (Å²) in [5, 5.41) is 9.26. The predicted octanol–water partition coefficient (Wildman–Crippen LogP) is 0.506. The predicted molar refractivity (Wildman–Crippen MR) is 144 cm³/mol. The lowest BCUT2D eigenvalue weighted by Gasteiger charge is -2.35. The second-order valence-corrected chi connectivity index (χ2v) is 13.1. The smallest absolute Gasteiger partial charge is 0.267 e. The quantitative estimate of drug-likeness (QED) is 0.418. The second kappa shape index (κ2) is 9.86. The maximum Gasteiger partial charge on any atom is 0.267 e. The van der Waals surface area contributed by atoms with Crippen LogP contribution in [0.2, 0.25) is 0 Å². The number of aliphatic hydroxyl groups excluding tert-OH is 1. The zero-order chi connectivity index (χ0) is 25.6. The molecule has 5 heterocycles. The van der Waals surface area contributed by atoms with Gasteiger partial charge >= 0.3 is 0 Å². The van der Waals surface area contributed by atoms with Crippen molar-refractivity contribution in [3.8, 4) is 0 Å². The van der Waals surface area contributed by atoms with Crippen molar-refractivity contribution in [2.75, 3.05) is 55.7 Å². The van der Waals surface area contributed by atoms with E-state index in [9.17, 15) is 23.1 Å². The van der Waals surface area contributed by atoms with Crippen molar-refractivity contribution in [1.29, 1.82) is 0 Å². The Balaban J connectivity index is 1.55. The molecule has 36 heavy (non-hydrogen) atoms. The molecule has 5 rings (SSSR count). The molecule has 0 aromatic carbocycles. The molecule has 0 spiro atoms. The topological polar surface area (TPSA) is 116 Å². The summed E-state index contributed by atoms with van der Waals surface area (Å²) in [6.45, 7) is 5.24. The van der Waals surface area contributed by atoms with Crippen LogP contribution in [0.15, 0.2) is 28.0 Å². The third-order valence-electron chi connectivity index (χ3n) is 6.82. The van der Waals surface area contributed by atoms with Gasteiger partial charge in [0, 0.05) is 38.9 Å². The third kappa shape index (κ3) is 4.70. The van der Waals surface area contributed by atoms with Crippen molar-refractivity contribution in [2.24, 2.45) is 0 Å². The number of aryl methyl sites for hydroxylation is 1. The number of hydrogen-bond acceptors (Lipinski definition) is 10. The fraction of sp³-hybridized carbons (Fsp3) is 0.478. The SMILES string of the molecule is Cc1cccn2c(=O)c(C=C3SC(=S)N(C4CCS(=O)(=O)C4)C3=O)c(N3CCN(CCO)CC3)nc12. The Morgan fingerprint density at radius 1 is 1.25 bits per heavy atom. The Labute approximate surface area is 218 Å². The van der Waals surface area contributed by atoms with Gasteiger partial charge in [0.15, 0.2) is 9.84 Å². The molecule has 3 fully saturated rings. The van der Waals surface area contributed by atoms with Crippen molar-refractivity contribution >= 4 is 61.6 Å². The first-order chi connectivity index (χ1) is 17.2. The first-order valence-electron chi connectivity index (χ1n) is 11.8. The number of β-amino-alcohol motifs (C(OH)–C–C–N with tert-alkyl or cyclic N) is 1. The molecular weight excluding hydrogens is 522 g/mol. The standard InChI is InChI=1S/C23H27N5O5S3/c1-15-3-2-5-27-19(15)24-20(26-8-6-25(7-9-26)10-11-29)17(21(27)30)13-18-22(31)28(23(34)35-18)16-4-12-36(32,33)14-16/h2-3,5,13,16,29H,4,6-12,14H2,1H3. The minimum Gasteiger partial charge on any atom is -0.395 e. The van der Waals surface area contributed by atoms with E-state index in [4.69, 9.17) is 17.2 Å². The fourth-order valence-corrected chi connectivity index (χ4v) is 7.98. The van der Waals surface area contributed by atoms with Crippen LogP contribution in [-0.2, 0) is 14.6 Å². The van der Waals surface area contributed by atoms with Gasteiger partial charge in [0.05, 0.1) is 34.6 Å². The van der Waals surface area contributed by atoms with E-state index in [1.54, 1.807) is 18.3 Å². The number of aliphatic hydroxyl groups is 1. The molecule has 2 aromatic rings. The average Bonchev–Trinajstić information content (AvgIpc) is 3.33. The summed E-state index contributed by atoms with van der Waals surface area (Å²) in [5.74, 6) is 0.0663. The fourth-order valence-electron chi connectivity index (χ4n) is 4.90. The molecule has 3 aliphatic heterocycles. The Morgan fingerprint density at radius 2 is 2.00 bits per heavy atom. The molecule has 1 unspecified atom stereocenters. The minimum absolute atomic E-state index is 0.0372. The number of anilines is 1. The first-order valence-corrected chi connectivity index (χ1v) is 14.8. The van der Waals surface area contributed by atoms with Crippen LogP contribution in [0.1, 0.15) is 17.5 Å². The molecule has 2 aromatic heterocycles. The van der Waals surface area contributed by atoms with E-state index in [0.717, 1.165) is 17.3 Å². The number of carbonyl (C=O) groups is 1. The van der Waals surface area contributed by atoms with Gasteiger partial charge in [-0.1, -0.05) is 30.0 Å².